The summed E-state index contributed by atoms with van der Waals surface area (Å²) in [6.07, 6.45) is 1.31. The van der Waals surface area contributed by atoms with E-state index in [0.717, 1.165) is 0 Å². The molecular weight excluding hydrogens is 147 g/mol. The number of methoxy groups -OCH3 is 1. The van der Waals surface area contributed by atoms with Crippen LogP contribution in [-0.4, -0.2) is 12.1 Å². The van der Waals surface area contributed by atoms with Crippen molar-refractivity contribution in [1.82, 2.24) is 4.98 Å². The highest BCUT2D eigenvalue weighted by Crippen LogP contribution is 2.12. The van der Waals surface area contributed by atoms with Crippen LogP contribution in [0, 0.1) is 5.95 Å². The second-order valence-corrected chi connectivity index (χ2v) is 2.03. The van der Waals surface area contributed by atoms with Crippen LogP contribution in [0.5, 0.6) is 5.75 Å². The zero-order chi connectivity index (χ0) is 8.27. The largest absolute Gasteiger partial charge is 0.495 e. The van der Waals surface area contributed by atoms with E-state index in [2.05, 4.69) is 4.98 Å². The maximum absolute atomic E-state index is 12.7. The molecule has 1 aromatic heterocycles. The van der Waals surface area contributed by atoms with E-state index in [-0.39, 0.29) is 6.54 Å². The fourth-order valence-corrected chi connectivity index (χ4v) is 0.727. The predicted molar refractivity (Wildman–Crippen MR) is 38.6 cm³/mol. The second-order valence-electron chi connectivity index (χ2n) is 2.03. The zero-order valence-corrected chi connectivity index (χ0v) is 6.17. The minimum atomic E-state index is -0.534. The van der Waals surface area contributed by atoms with E-state index in [1.807, 2.05) is 0 Å². The van der Waals surface area contributed by atoms with Crippen LogP contribution in [-0.2, 0) is 6.54 Å². The Balaban J connectivity index is 3.02. The number of halogens is 1. The lowest BCUT2D eigenvalue weighted by molar-refractivity contribution is 0.408. The van der Waals surface area contributed by atoms with Crippen molar-refractivity contribution < 1.29 is 9.13 Å². The van der Waals surface area contributed by atoms with E-state index in [4.69, 9.17) is 10.5 Å². The first kappa shape index (κ1) is 7.94. The Morgan fingerprint density at radius 1 is 1.73 bits per heavy atom. The number of pyridine rings is 1. The number of aromatic nitrogens is 1. The average Bonchev–Trinajstić information content (AvgIpc) is 2.05. The summed E-state index contributed by atoms with van der Waals surface area (Å²) in [6, 6.07) is 1.53. The summed E-state index contributed by atoms with van der Waals surface area (Å²) in [5.41, 5.74) is 5.60. The number of nitrogens with two attached hydrogens (primary N) is 1. The van der Waals surface area contributed by atoms with Crippen molar-refractivity contribution in [2.75, 3.05) is 7.11 Å². The summed E-state index contributed by atoms with van der Waals surface area (Å²) >= 11 is 0. The van der Waals surface area contributed by atoms with Crippen molar-refractivity contribution in [1.29, 1.82) is 0 Å². The van der Waals surface area contributed by atoms with Gasteiger partial charge in [-0.15, -0.1) is 0 Å². The number of nitrogens with zero attached hydrogens (tertiary/aromatic N) is 1. The summed E-state index contributed by atoms with van der Waals surface area (Å²) in [5, 5.41) is 0. The molecule has 1 aromatic rings. The lowest BCUT2D eigenvalue weighted by Crippen LogP contribution is -2.02. The van der Waals surface area contributed by atoms with Crippen LogP contribution in [0.15, 0.2) is 12.3 Å². The van der Waals surface area contributed by atoms with E-state index in [1.165, 1.54) is 19.4 Å². The number of rotatable bonds is 2. The molecule has 3 nitrogen and oxygen atoms in total. The molecule has 4 heteroatoms. The first-order valence-corrected chi connectivity index (χ1v) is 3.16. The van der Waals surface area contributed by atoms with Gasteiger partial charge in [0.25, 0.3) is 0 Å². The van der Waals surface area contributed by atoms with Gasteiger partial charge in [-0.05, 0) is 6.07 Å². The number of hydrogen-bond donors (Lipinski definition) is 1. The van der Waals surface area contributed by atoms with Gasteiger partial charge in [0.2, 0.25) is 5.95 Å². The molecule has 1 rings (SSSR count). The van der Waals surface area contributed by atoms with Crippen molar-refractivity contribution in [2.45, 2.75) is 6.54 Å². The Bertz CT molecular complexity index is 252. The third-order valence-corrected chi connectivity index (χ3v) is 1.34. The minimum absolute atomic E-state index is 0.135. The molecule has 0 aromatic carbocycles. The van der Waals surface area contributed by atoms with Gasteiger partial charge in [-0.2, -0.15) is 4.39 Å². The fraction of sp³-hybridized carbons (Fsp3) is 0.286. The number of hydrogen-bond acceptors (Lipinski definition) is 3. The summed E-state index contributed by atoms with van der Waals surface area (Å²) in [6.45, 7) is 0.135. The van der Waals surface area contributed by atoms with E-state index in [1.54, 1.807) is 0 Å². The molecule has 0 saturated carbocycles. The Labute approximate surface area is 64.0 Å². The highest BCUT2D eigenvalue weighted by atomic mass is 19.1. The zero-order valence-electron chi connectivity index (χ0n) is 6.17. The normalized spacial score (nSPS) is 9.73. The molecule has 0 atom stereocenters. The first-order valence-electron chi connectivity index (χ1n) is 3.16. The molecule has 0 saturated heterocycles. The first-order chi connectivity index (χ1) is 5.27. The molecule has 0 aliphatic carbocycles. The molecule has 11 heavy (non-hydrogen) atoms. The Kier molecular flexibility index (Phi) is 2.38. The minimum Gasteiger partial charge on any atom is -0.495 e. The van der Waals surface area contributed by atoms with E-state index >= 15 is 0 Å². The summed E-state index contributed by atoms with van der Waals surface area (Å²) < 4.78 is 17.5. The lowest BCUT2D eigenvalue weighted by Gasteiger charge is -2.01. The van der Waals surface area contributed by atoms with Crippen LogP contribution in [0.25, 0.3) is 0 Å². The molecule has 0 bridgehead atoms. The van der Waals surface area contributed by atoms with E-state index in [0.29, 0.717) is 11.3 Å². The smallest absolute Gasteiger partial charge is 0.217 e. The van der Waals surface area contributed by atoms with Gasteiger partial charge in [0.1, 0.15) is 5.75 Å². The maximum atomic E-state index is 12.7. The molecule has 0 aliphatic rings. The Hall–Kier alpha value is -1.16. The molecule has 0 aliphatic heterocycles. The quantitative estimate of drug-likeness (QED) is 0.641. The van der Waals surface area contributed by atoms with Gasteiger partial charge in [0, 0.05) is 12.1 Å². The van der Waals surface area contributed by atoms with Crippen molar-refractivity contribution in [2.24, 2.45) is 5.73 Å². The van der Waals surface area contributed by atoms with Crippen LogP contribution >= 0.6 is 0 Å². The molecule has 0 amide bonds. The van der Waals surface area contributed by atoms with Gasteiger partial charge in [-0.3, -0.25) is 0 Å². The van der Waals surface area contributed by atoms with Crippen LogP contribution < -0.4 is 10.5 Å². The van der Waals surface area contributed by atoms with Gasteiger partial charge in [-0.25, -0.2) is 4.98 Å². The molecule has 0 unspecified atom stereocenters. The molecule has 60 valence electrons. The molecule has 1 heterocycles. The van der Waals surface area contributed by atoms with Crippen molar-refractivity contribution in [3.63, 3.8) is 0 Å². The van der Waals surface area contributed by atoms with Gasteiger partial charge in [0.05, 0.1) is 13.3 Å². The van der Waals surface area contributed by atoms with Crippen molar-refractivity contribution >= 4 is 0 Å². The van der Waals surface area contributed by atoms with Crippen molar-refractivity contribution in [3.05, 3.63) is 23.8 Å². The fourth-order valence-electron chi connectivity index (χ4n) is 0.727. The highest BCUT2D eigenvalue weighted by molar-refractivity contribution is 5.24. The average molecular weight is 156 g/mol. The Morgan fingerprint density at radius 3 is 3.00 bits per heavy atom. The summed E-state index contributed by atoms with van der Waals surface area (Å²) in [7, 11) is 1.50. The number of ether oxygens (including phenoxy) is 1. The lowest BCUT2D eigenvalue weighted by atomic mass is 10.3. The highest BCUT2D eigenvalue weighted by Gasteiger charge is 2.02. The third kappa shape index (κ3) is 1.65. The molecule has 0 radical (unpaired) electrons. The monoisotopic (exact) mass is 156 g/mol. The maximum Gasteiger partial charge on any atom is 0.217 e. The van der Waals surface area contributed by atoms with Crippen LogP contribution in [0.4, 0.5) is 4.39 Å². The summed E-state index contributed by atoms with van der Waals surface area (Å²) in [5.74, 6) is -0.0137. The second kappa shape index (κ2) is 3.30. The van der Waals surface area contributed by atoms with Crippen molar-refractivity contribution in [3.8, 4) is 5.75 Å². The third-order valence-electron chi connectivity index (χ3n) is 1.34. The van der Waals surface area contributed by atoms with Crippen LogP contribution in [0.2, 0.25) is 0 Å². The van der Waals surface area contributed by atoms with E-state index in [9.17, 15) is 4.39 Å². The van der Waals surface area contributed by atoms with Gasteiger partial charge < -0.3 is 10.5 Å². The van der Waals surface area contributed by atoms with Gasteiger partial charge >= 0.3 is 0 Å². The molecule has 2 N–H and O–H groups in total. The standard InChI is InChI=1S/C7H9FN2O/c1-11-6-2-5(3-9)7(8)10-4-6/h2,4H,3,9H2,1H3. The molecular formula is C7H9FN2O. The SMILES string of the molecule is COc1cnc(F)c(CN)c1. The molecule has 0 fully saturated rings. The van der Waals surface area contributed by atoms with E-state index < -0.39 is 5.95 Å². The Morgan fingerprint density at radius 2 is 2.45 bits per heavy atom. The molecule has 0 spiro atoms. The van der Waals surface area contributed by atoms with Crippen LogP contribution in [0.1, 0.15) is 5.56 Å². The van der Waals surface area contributed by atoms with Gasteiger partial charge in [-0.1, -0.05) is 0 Å². The summed E-state index contributed by atoms with van der Waals surface area (Å²) in [4.78, 5) is 3.45. The topological polar surface area (TPSA) is 48.1 Å². The van der Waals surface area contributed by atoms with Crippen LogP contribution in [0.3, 0.4) is 0 Å². The predicted octanol–water partition coefficient (Wildman–Crippen LogP) is 0.688. The van der Waals surface area contributed by atoms with Gasteiger partial charge in [0.15, 0.2) is 0 Å².